The first-order valence-electron chi connectivity index (χ1n) is 10.5. The maximum absolute atomic E-state index is 12.9. The Bertz CT molecular complexity index is 1180. The maximum atomic E-state index is 12.9. The quantitative estimate of drug-likeness (QED) is 0.638. The summed E-state index contributed by atoms with van der Waals surface area (Å²) in [6.45, 7) is 2.03. The second kappa shape index (κ2) is 7.85. The second-order valence-corrected chi connectivity index (χ2v) is 9.08. The Morgan fingerprint density at radius 2 is 2.00 bits per heavy atom. The number of nitrogens with zero attached hydrogens (tertiary/aromatic N) is 1. The fourth-order valence-electron chi connectivity index (χ4n) is 4.28. The van der Waals surface area contributed by atoms with Crippen LogP contribution in [0.1, 0.15) is 56.6 Å². The number of hydrogen-bond acceptors (Lipinski definition) is 6. The van der Waals surface area contributed by atoms with Crippen LogP contribution in [0.25, 0.3) is 11.3 Å². The van der Waals surface area contributed by atoms with Crippen LogP contribution >= 0.6 is 11.3 Å². The van der Waals surface area contributed by atoms with Gasteiger partial charge in [0.2, 0.25) is 0 Å². The van der Waals surface area contributed by atoms with Crippen molar-refractivity contribution in [2.75, 3.05) is 12.4 Å². The van der Waals surface area contributed by atoms with Crippen molar-refractivity contribution in [2.24, 2.45) is 0 Å². The van der Waals surface area contributed by atoms with E-state index in [1.165, 1.54) is 16.2 Å². The van der Waals surface area contributed by atoms with Gasteiger partial charge in [0.25, 0.3) is 11.8 Å². The Labute approximate surface area is 183 Å². The predicted molar refractivity (Wildman–Crippen MR) is 118 cm³/mol. The van der Waals surface area contributed by atoms with Crippen LogP contribution in [0, 0.1) is 0 Å². The highest BCUT2D eigenvalue weighted by molar-refractivity contribution is 7.17. The number of aryl methyl sites for hydroxylation is 1. The average Bonchev–Trinajstić information content (AvgIpc) is 3.48. The smallest absolute Gasteiger partial charge is 0.278 e. The number of amides is 2. The summed E-state index contributed by atoms with van der Waals surface area (Å²) in [4.78, 5) is 26.6. The number of nitrogens with one attached hydrogen (secondary N) is 2. The van der Waals surface area contributed by atoms with Crippen molar-refractivity contribution < 1.29 is 18.8 Å². The van der Waals surface area contributed by atoms with Crippen molar-refractivity contribution >= 4 is 28.2 Å². The van der Waals surface area contributed by atoms with Gasteiger partial charge < -0.3 is 19.9 Å². The minimum absolute atomic E-state index is 0.160. The topological polar surface area (TPSA) is 93.5 Å². The number of carbonyl (C=O) groups is 2. The zero-order chi connectivity index (χ0) is 21.5. The molecule has 160 valence electrons. The monoisotopic (exact) mass is 437 g/mol. The molecule has 31 heavy (non-hydrogen) atoms. The number of benzene rings is 1. The third-order valence-corrected chi connectivity index (χ3v) is 6.98. The van der Waals surface area contributed by atoms with Crippen LogP contribution in [0.5, 0.6) is 5.75 Å². The molecule has 7 nitrogen and oxygen atoms in total. The minimum atomic E-state index is -0.392. The molecule has 3 heterocycles. The minimum Gasteiger partial charge on any atom is -0.490 e. The van der Waals surface area contributed by atoms with E-state index in [4.69, 9.17) is 9.26 Å². The van der Waals surface area contributed by atoms with E-state index in [9.17, 15) is 9.59 Å². The molecule has 1 unspecified atom stereocenters. The molecule has 0 bridgehead atoms. The summed E-state index contributed by atoms with van der Waals surface area (Å²) in [7, 11) is 1.60. The van der Waals surface area contributed by atoms with E-state index in [2.05, 4.69) is 15.8 Å². The lowest BCUT2D eigenvalue weighted by molar-refractivity contribution is 0.0963. The molecule has 0 saturated carbocycles. The van der Waals surface area contributed by atoms with Gasteiger partial charge >= 0.3 is 0 Å². The normalized spacial score (nSPS) is 16.9. The van der Waals surface area contributed by atoms with E-state index in [0.717, 1.165) is 54.5 Å². The van der Waals surface area contributed by atoms with Crippen LogP contribution in [0.3, 0.4) is 0 Å². The number of aromatic nitrogens is 1. The Balaban J connectivity index is 1.39. The van der Waals surface area contributed by atoms with Gasteiger partial charge in [0.1, 0.15) is 16.9 Å². The molecule has 3 aromatic rings. The van der Waals surface area contributed by atoms with Crippen LogP contribution < -0.4 is 15.4 Å². The molecule has 5 rings (SSSR count). The van der Waals surface area contributed by atoms with Crippen LogP contribution in [-0.2, 0) is 19.3 Å². The highest BCUT2D eigenvalue weighted by atomic mass is 32.1. The summed E-state index contributed by atoms with van der Waals surface area (Å²) in [5, 5.41) is 10.1. The number of fused-ring (bicyclic) bond motifs is 2. The van der Waals surface area contributed by atoms with Crippen molar-refractivity contribution in [3.63, 3.8) is 0 Å². The molecule has 1 aromatic carbocycles. The van der Waals surface area contributed by atoms with Crippen molar-refractivity contribution in [3.8, 4) is 17.1 Å². The summed E-state index contributed by atoms with van der Waals surface area (Å²) in [6, 6.07) is 7.46. The maximum Gasteiger partial charge on any atom is 0.278 e. The average molecular weight is 438 g/mol. The Hall–Kier alpha value is -3.13. The molecule has 0 spiro atoms. The lowest BCUT2D eigenvalue weighted by atomic mass is 9.95. The molecule has 1 atom stereocenters. The first-order chi connectivity index (χ1) is 15.0. The highest BCUT2D eigenvalue weighted by Crippen LogP contribution is 2.38. The third kappa shape index (κ3) is 3.61. The molecular weight excluding hydrogens is 414 g/mol. The summed E-state index contributed by atoms with van der Waals surface area (Å²) in [5.41, 5.74) is 3.77. The molecule has 0 fully saturated rings. The number of carbonyl (C=O) groups excluding carboxylic acids is 2. The van der Waals surface area contributed by atoms with Gasteiger partial charge in [-0.15, -0.1) is 11.3 Å². The third-order valence-electron chi connectivity index (χ3n) is 5.78. The molecule has 0 radical (unpaired) electrons. The predicted octanol–water partition coefficient (Wildman–Crippen LogP) is 4.22. The van der Waals surface area contributed by atoms with E-state index >= 15 is 0 Å². The van der Waals surface area contributed by atoms with E-state index in [1.54, 1.807) is 13.1 Å². The lowest BCUT2D eigenvalue weighted by Crippen LogP contribution is -2.22. The van der Waals surface area contributed by atoms with Gasteiger partial charge in [0.05, 0.1) is 5.56 Å². The molecule has 2 aliphatic rings. The van der Waals surface area contributed by atoms with Crippen molar-refractivity contribution in [3.05, 3.63) is 51.5 Å². The number of hydrogen-bond donors (Lipinski definition) is 2. The molecular formula is C23H23N3O4S. The summed E-state index contributed by atoms with van der Waals surface area (Å²) in [5.74, 6) is 0.837. The number of ether oxygens (including phenoxy) is 1. The van der Waals surface area contributed by atoms with Crippen molar-refractivity contribution in [1.29, 1.82) is 0 Å². The van der Waals surface area contributed by atoms with Crippen molar-refractivity contribution in [2.45, 2.75) is 45.1 Å². The summed E-state index contributed by atoms with van der Waals surface area (Å²) < 4.78 is 11.2. The Morgan fingerprint density at radius 3 is 2.84 bits per heavy atom. The van der Waals surface area contributed by atoms with Gasteiger partial charge in [-0.1, -0.05) is 5.16 Å². The molecule has 1 aliphatic carbocycles. The zero-order valence-corrected chi connectivity index (χ0v) is 18.2. The van der Waals surface area contributed by atoms with Gasteiger partial charge in [-0.25, -0.2) is 0 Å². The van der Waals surface area contributed by atoms with Gasteiger partial charge in [-0.3, -0.25) is 9.59 Å². The fourth-order valence-corrected chi connectivity index (χ4v) is 5.56. The lowest BCUT2D eigenvalue weighted by Gasteiger charge is -2.12. The van der Waals surface area contributed by atoms with Crippen LogP contribution in [-0.4, -0.2) is 30.1 Å². The molecule has 2 aromatic heterocycles. The Kier molecular flexibility index (Phi) is 5.02. The van der Waals surface area contributed by atoms with Crippen LogP contribution in [0.15, 0.2) is 28.8 Å². The first-order valence-corrected chi connectivity index (χ1v) is 11.3. The molecule has 1 aliphatic heterocycles. The first kappa shape index (κ1) is 19.8. The number of rotatable bonds is 4. The molecule has 2 N–H and O–H groups in total. The number of anilines is 1. The van der Waals surface area contributed by atoms with Gasteiger partial charge in [-0.05, 0) is 61.9 Å². The zero-order valence-electron chi connectivity index (χ0n) is 17.4. The molecule has 8 heteroatoms. The van der Waals surface area contributed by atoms with Gasteiger partial charge in [0, 0.05) is 30.0 Å². The highest BCUT2D eigenvalue weighted by Gasteiger charge is 2.27. The standard InChI is InChI=1S/C23H23N3O4S/c1-12-9-14-10-13(7-8-17(14)29-12)18-11-16(26-30-18)21(27)25-23-20(22(28)24-2)15-5-3-4-6-19(15)31-23/h7-8,10-12H,3-6,9H2,1-2H3,(H,24,28)(H,25,27). The van der Waals surface area contributed by atoms with Crippen LogP contribution in [0.2, 0.25) is 0 Å². The Morgan fingerprint density at radius 1 is 1.16 bits per heavy atom. The van der Waals surface area contributed by atoms with Crippen LogP contribution in [0.4, 0.5) is 5.00 Å². The summed E-state index contributed by atoms with van der Waals surface area (Å²) in [6.07, 6.45) is 4.96. The second-order valence-electron chi connectivity index (χ2n) is 7.98. The van der Waals surface area contributed by atoms with E-state index in [-0.39, 0.29) is 17.7 Å². The van der Waals surface area contributed by atoms with Crippen molar-refractivity contribution in [1.82, 2.24) is 10.5 Å². The molecule has 0 saturated heterocycles. The summed E-state index contributed by atoms with van der Waals surface area (Å²) >= 11 is 1.48. The number of thiophene rings is 1. The van der Waals surface area contributed by atoms with E-state index in [1.807, 2.05) is 25.1 Å². The van der Waals surface area contributed by atoms with E-state index in [0.29, 0.717) is 16.3 Å². The van der Waals surface area contributed by atoms with Gasteiger partial charge in [-0.2, -0.15) is 0 Å². The largest absolute Gasteiger partial charge is 0.490 e. The molecule has 2 amide bonds. The SMILES string of the molecule is CNC(=O)c1c(NC(=O)c2cc(-c3ccc4c(c3)CC(C)O4)on2)sc2c1CCCC2. The van der Waals surface area contributed by atoms with E-state index < -0.39 is 5.91 Å². The van der Waals surface area contributed by atoms with Gasteiger partial charge in [0.15, 0.2) is 11.5 Å². The fraction of sp³-hybridized carbons (Fsp3) is 0.348.